The molecule has 1 aliphatic rings. The van der Waals surface area contributed by atoms with Crippen molar-refractivity contribution in [2.45, 2.75) is 31.7 Å². The quantitative estimate of drug-likeness (QED) is 0.364. The monoisotopic (exact) mass is 214 g/mol. The first-order valence-electron chi connectivity index (χ1n) is 5.25. The van der Waals surface area contributed by atoms with E-state index in [0.29, 0.717) is 6.42 Å². The molecule has 2 atom stereocenters. The Kier molecular flexibility index (Phi) is 4.55. The number of ether oxygens (including phenoxy) is 1. The summed E-state index contributed by atoms with van der Waals surface area (Å²) >= 11 is 0. The maximum atomic E-state index is 10.8. The first kappa shape index (κ1) is 12.0. The SMILES string of the molecule is COC(=O)CCCCCN1C[C@@H]1C(N)=O. The minimum atomic E-state index is -0.232. The lowest BCUT2D eigenvalue weighted by atomic mass is 10.2. The van der Waals surface area contributed by atoms with Crippen molar-refractivity contribution in [3.05, 3.63) is 0 Å². The van der Waals surface area contributed by atoms with Gasteiger partial charge in [-0.15, -0.1) is 0 Å². The minimum Gasteiger partial charge on any atom is -0.469 e. The average Bonchev–Trinajstić information content (AvgIpc) is 2.96. The molecule has 0 aromatic rings. The number of nitrogens with two attached hydrogens (primary N) is 1. The van der Waals surface area contributed by atoms with E-state index in [1.807, 2.05) is 4.90 Å². The Hall–Kier alpha value is -1.10. The van der Waals surface area contributed by atoms with Crippen molar-refractivity contribution in [1.29, 1.82) is 0 Å². The number of nitrogens with zero attached hydrogens (tertiary/aromatic N) is 1. The van der Waals surface area contributed by atoms with Crippen LogP contribution in [0.1, 0.15) is 25.7 Å². The molecule has 1 aliphatic heterocycles. The van der Waals surface area contributed by atoms with Gasteiger partial charge in [-0.05, 0) is 19.4 Å². The largest absolute Gasteiger partial charge is 0.469 e. The van der Waals surface area contributed by atoms with E-state index in [2.05, 4.69) is 4.74 Å². The lowest BCUT2D eigenvalue weighted by Crippen LogP contribution is -2.22. The zero-order valence-corrected chi connectivity index (χ0v) is 9.07. The Morgan fingerprint density at radius 1 is 1.40 bits per heavy atom. The molecule has 0 aliphatic carbocycles. The van der Waals surface area contributed by atoms with E-state index in [9.17, 15) is 9.59 Å². The van der Waals surface area contributed by atoms with Gasteiger partial charge in [0.1, 0.15) is 6.04 Å². The predicted octanol–water partition coefficient (Wildman–Crippen LogP) is -0.111. The lowest BCUT2D eigenvalue weighted by molar-refractivity contribution is -0.140. The van der Waals surface area contributed by atoms with Crippen molar-refractivity contribution in [3.63, 3.8) is 0 Å². The Labute approximate surface area is 89.6 Å². The molecule has 1 fully saturated rings. The Morgan fingerprint density at radius 2 is 2.13 bits per heavy atom. The number of amides is 1. The molecule has 1 rings (SSSR count). The number of hydrogen-bond donors (Lipinski definition) is 1. The van der Waals surface area contributed by atoms with Crippen molar-refractivity contribution in [1.82, 2.24) is 4.90 Å². The highest BCUT2D eigenvalue weighted by Gasteiger charge is 2.37. The fourth-order valence-electron chi connectivity index (χ4n) is 1.56. The molecule has 0 spiro atoms. The van der Waals surface area contributed by atoms with E-state index in [-0.39, 0.29) is 17.9 Å². The first-order valence-corrected chi connectivity index (χ1v) is 5.25. The third kappa shape index (κ3) is 4.29. The molecule has 0 aromatic heterocycles. The van der Waals surface area contributed by atoms with Gasteiger partial charge in [0.2, 0.25) is 5.91 Å². The number of rotatable bonds is 7. The van der Waals surface area contributed by atoms with Gasteiger partial charge in [-0.2, -0.15) is 0 Å². The molecule has 15 heavy (non-hydrogen) atoms. The molecule has 5 nitrogen and oxygen atoms in total. The molecular formula is C10H18N2O3. The summed E-state index contributed by atoms with van der Waals surface area (Å²) in [6.07, 6.45) is 3.31. The second kappa shape index (κ2) is 5.70. The van der Waals surface area contributed by atoms with Crippen LogP contribution < -0.4 is 5.73 Å². The van der Waals surface area contributed by atoms with Crippen molar-refractivity contribution < 1.29 is 14.3 Å². The highest BCUT2D eigenvalue weighted by molar-refractivity contribution is 5.82. The number of carbonyl (C=O) groups excluding carboxylic acids is 2. The second-order valence-corrected chi connectivity index (χ2v) is 3.80. The van der Waals surface area contributed by atoms with E-state index in [1.165, 1.54) is 7.11 Å². The van der Waals surface area contributed by atoms with E-state index < -0.39 is 0 Å². The summed E-state index contributed by atoms with van der Waals surface area (Å²) in [5, 5.41) is 0. The molecule has 5 heteroatoms. The van der Waals surface area contributed by atoms with Gasteiger partial charge in [-0.1, -0.05) is 6.42 Å². The molecule has 0 aromatic carbocycles. The van der Waals surface area contributed by atoms with Crippen molar-refractivity contribution >= 4 is 11.9 Å². The zero-order valence-electron chi connectivity index (χ0n) is 9.07. The molecule has 1 heterocycles. The molecule has 86 valence electrons. The van der Waals surface area contributed by atoms with Crippen LogP contribution >= 0.6 is 0 Å². The second-order valence-electron chi connectivity index (χ2n) is 3.80. The van der Waals surface area contributed by atoms with Crippen molar-refractivity contribution in [2.75, 3.05) is 20.2 Å². The maximum absolute atomic E-state index is 10.8. The van der Waals surface area contributed by atoms with E-state index in [0.717, 1.165) is 32.4 Å². The van der Waals surface area contributed by atoms with Gasteiger partial charge in [0, 0.05) is 13.0 Å². The van der Waals surface area contributed by atoms with Crippen molar-refractivity contribution in [3.8, 4) is 0 Å². The summed E-state index contributed by atoms with van der Waals surface area (Å²) in [7, 11) is 1.40. The van der Waals surface area contributed by atoms with E-state index in [4.69, 9.17) is 5.73 Å². The van der Waals surface area contributed by atoms with Crippen LogP contribution in [0, 0.1) is 0 Å². The first-order chi connectivity index (χ1) is 7.15. The van der Waals surface area contributed by atoms with Crippen LogP contribution in [-0.2, 0) is 14.3 Å². The molecular weight excluding hydrogens is 196 g/mol. The zero-order chi connectivity index (χ0) is 11.3. The van der Waals surface area contributed by atoms with E-state index in [1.54, 1.807) is 0 Å². The number of hydrogen-bond acceptors (Lipinski definition) is 4. The van der Waals surface area contributed by atoms with Crippen LogP contribution in [0.2, 0.25) is 0 Å². The van der Waals surface area contributed by atoms with Crippen molar-refractivity contribution in [2.24, 2.45) is 5.73 Å². The molecule has 2 N–H and O–H groups in total. The highest BCUT2D eigenvalue weighted by Crippen LogP contribution is 2.17. The van der Waals surface area contributed by atoms with Gasteiger partial charge in [0.05, 0.1) is 7.11 Å². The van der Waals surface area contributed by atoms with Crippen LogP contribution in [0.5, 0.6) is 0 Å². The van der Waals surface area contributed by atoms with Crippen LogP contribution in [-0.4, -0.2) is 43.0 Å². The van der Waals surface area contributed by atoms with Gasteiger partial charge in [-0.25, -0.2) is 0 Å². The number of primary amides is 1. The minimum absolute atomic E-state index is 0.0365. The third-order valence-corrected chi connectivity index (χ3v) is 2.60. The van der Waals surface area contributed by atoms with Gasteiger partial charge >= 0.3 is 5.97 Å². The van der Waals surface area contributed by atoms with Gasteiger partial charge in [-0.3, -0.25) is 14.5 Å². The predicted molar refractivity (Wildman–Crippen MR) is 55.0 cm³/mol. The van der Waals surface area contributed by atoms with Gasteiger partial charge in [0.25, 0.3) is 0 Å². The van der Waals surface area contributed by atoms with Gasteiger partial charge < -0.3 is 10.5 Å². The van der Waals surface area contributed by atoms with Crippen LogP contribution in [0.3, 0.4) is 0 Å². The number of methoxy groups -OCH3 is 1. The van der Waals surface area contributed by atoms with Crippen LogP contribution in [0.25, 0.3) is 0 Å². The Bertz CT molecular complexity index is 243. The smallest absolute Gasteiger partial charge is 0.305 e. The van der Waals surface area contributed by atoms with Gasteiger partial charge in [0.15, 0.2) is 0 Å². The number of carbonyl (C=O) groups is 2. The molecule has 0 saturated carbocycles. The summed E-state index contributed by atoms with van der Waals surface area (Å²) < 4.78 is 4.53. The standard InChI is InChI=1S/C10H18N2O3/c1-15-9(13)5-3-2-4-6-12-7-8(12)10(11)14/h8H,2-7H2,1H3,(H2,11,14)/t8-,12?/m1/s1. The Morgan fingerprint density at radius 3 is 2.67 bits per heavy atom. The summed E-state index contributed by atoms with van der Waals surface area (Å²) in [5.74, 6) is -0.388. The maximum Gasteiger partial charge on any atom is 0.305 e. The van der Waals surface area contributed by atoms with E-state index >= 15 is 0 Å². The fourth-order valence-corrected chi connectivity index (χ4v) is 1.56. The van der Waals surface area contributed by atoms with Crippen LogP contribution in [0.15, 0.2) is 0 Å². The number of esters is 1. The molecule has 0 bridgehead atoms. The normalized spacial score (nSPS) is 23.5. The number of unbranched alkanes of at least 4 members (excludes halogenated alkanes) is 2. The summed E-state index contributed by atoms with van der Waals surface area (Å²) in [6.45, 7) is 1.70. The lowest BCUT2D eigenvalue weighted by Gasteiger charge is -2.02. The molecule has 1 amide bonds. The topological polar surface area (TPSA) is 72.4 Å². The highest BCUT2D eigenvalue weighted by atomic mass is 16.5. The third-order valence-electron chi connectivity index (χ3n) is 2.60. The molecule has 0 radical (unpaired) electrons. The molecule has 1 saturated heterocycles. The average molecular weight is 214 g/mol. The summed E-state index contributed by atoms with van der Waals surface area (Å²) in [4.78, 5) is 23.5. The van der Waals surface area contributed by atoms with Crippen LogP contribution in [0.4, 0.5) is 0 Å². The summed E-state index contributed by atoms with van der Waals surface area (Å²) in [6, 6.07) is -0.0365. The fraction of sp³-hybridized carbons (Fsp3) is 0.800. The molecule has 1 unspecified atom stereocenters. The summed E-state index contributed by atoms with van der Waals surface area (Å²) in [5.41, 5.74) is 5.13. The Balaban J connectivity index is 1.91.